The van der Waals surface area contributed by atoms with E-state index in [1.165, 1.54) is 0 Å². The third-order valence-corrected chi connectivity index (χ3v) is 5.98. The molecule has 2 aliphatic heterocycles. The second-order valence-electron chi connectivity index (χ2n) is 8.25. The lowest BCUT2D eigenvalue weighted by atomic mass is 9.81. The molecule has 0 spiro atoms. The van der Waals surface area contributed by atoms with Crippen molar-refractivity contribution < 1.29 is 14.1 Å². The molecule has 0 saturated carbocycles. The molecule has 0 aliphatic carbocycles. The quantitative estimate of drug-likeness (QED) is 0.756. The van der Waals surface area contributed by atoms with Crippen molar-refractivity contribution in [2.45, 2.75) is 64.7 Å². The van der Waals surface area contributed by atoms with Gasteiger partial charge in [-0.2, -0.15) is 0 Å². The molecule has 0 aromatic carbocycles. The molecule has 2 saturated heterocycles. The summed E-state index contributed by atoms with van der Waals surface area (Å²) in [6, 6.07) is 0.299. The van der Waals surface area contributed by atoms with Crippen LogP contribution >= 0.6 is 0 Å². The Morgan fingerprint density at radius 1 is 1.15 bits per heavy atom. The Bertz CT molecular complexity index is 641. The zero-order valence-corrected chi connectivity index (χ0v) is 16.7. The number of rotatable bonds is 3. The van der Waals surface area contributed by atoms with Crippen LogP contribution < -0.4 is 10.4 Å². The first kappa shape index (κ1) is 19.1. The Morgan fingerprint density at radius 3 is 2.12 bits per heavy atom. The van der Waals surface area contributed by atoms with Gasteiger partial charge in [-0.05, 0) is 40.5 Å². The molecule has 0 unspecified atom stereocenters. The van der Waals surface area contributed by atoms with Crippen LogP contribution in [-0.2, 0) is 14.1 Å². The van der Waals surface area contributed by atoms with Gasteiger partial charge in [-0.25, -0.2) is 9.97 Å². The van der Waals surface area contributed by atoms with Gasteiger partial charge in [0, 0.05) is 51.0 Å². The molecule has 8 heteroatoms. The van der Waals surface area contributed by atoms with Gasteiger partial charge in [0.15, 0.2) is 0 Å². The van der Waals surface area contributed by atoms with Crippen LogP contribution in [0.25, 0.3) is 0 Å². The topological polar surface area (TPSA) is 67.8 Å². The van der Waals surface area contributed by atoms with Crippen molar-refractivity contribution in [3.63, 3.8) is 0 Å². The summed E-state index contributed by atoms with van der Waals surface area (Å²) in [7, 11) is 1.43. The van der Waals surface area contributed by atoms with Crippen molar-refractivity contribution in [3.8, 4) is 0 Å². The van der Waals surface area contributed by atoms with E-state index in [4.69, 9.17) is 9.31 Å². The Hall–Kier alpha value is -1.67. The summed E-state index contributed by atoms with van der Waals surface area (Å²) in [6.07, 6.45) is 5.44. The van der Waals surface area contributed by atoms with Gasteiger partial charge in [0.2, 0.25) is 11.9 Å². The number of carbonyl (C=O) groups excluding carboxylic acids is 1. The van der Waals surface area contributed by atoms with Crippen molar-refractivity contribution >= 4 is 24.4 Å². The van der Waals surface area contributed by atoms with E-state index in [9.17, 15) is 4.79 Å². The Morgan fingerprint density at radius 2 is 1.65 bits per heavy atom. The van der Waals surface area contributed by atoms with Gasteiger partial charge in [-0.1, -0.05) is 0 Å². The highest BCUT2D eigenvalue weighted by molar-refractivity contribution is 6.61. The lowest BCUT2D eigenvalue weighted by Crippen LogP contribution is -2.45. The molecule has 1 aromatic heterocycles. The third-order valence-electron chi connectivity index (χ3n) is 5.98. The zero-order chi connectivity index (χ0) is 19.1. The fraction of sp³-hybridized carbons (Fsp3) is 0.722. The Labute approximate surface area is 156 Å². The minimum atomic E-state index is -0.441. The van der Waals surface area contributed by atoms with Gasteiger partial charge in [0.25, 0.3) is 0 Å². The van der Waals surface area contributed by atoms with Crippen LogP contribution in [0.1, 0.15) is 47.5 Å². The molecular formula is C18H29BN4O3. The molecule has 26 heavy (non-hydrogen) atoms. The number of carbonyl (C=O) groups is 1. The van der Waals surface area contributed by atoms with E-state index in [0.717, 1.165) is 31.4 Å². The van der Waals surface area contributed by atoms with Crippen LogP contribution in [-0.4, -0.2) is 65.3 Å². The Kier molecular flexibility index (Phi) is 5.01. The summed E-state index contributed by atoms with van der Waals surface area (Å²) in [5.41, 5.74) is 0.0839. The third kappa shape index (κ3) is 3.57. The number of aromatic nitrogens is 2. The minimum absolute atomic E-state index is 0.117. The van der Waals surface area contributed by atoms with Crippen LogP contribution in [0.15, 0.2) is 12.4 Å². The summed E-state index contributed by atoms with van der Waals surface area (Å²) >= 11 is 0. The van der Waals surface area contributed by atoms with Gasteiger partial charge in [0.1, 0.15) is 0 Å². The van der Waals surface area contributed by atoms with Crippen molar-refractivity contribution in [2.75, 3.05) is 25.0 Å². The van der Waals surface area contributed by atoms with Crippen molar-refractivity contribution in [2.24, 2.45) is 0 Å². The second kappa shape index (κ2) is 6.81. The number of hydrogen-bond donors (Lipinski definition) is 0. The highest BCUT2D eigenvalue weighted by Crippen LogP contribution is 2.36. The van der Waals surface area contributed by atoms with E-state index in [2.05, 4.69) is 14.9 Å². The van der Waals surface area contributed by atoms with Gasteiger partial charge in [0.05, 0.1) is 11.2 Å². The molecule has 142 valence electrons. The van der Waals surface area contributed by atoms with Crippen LogP contribution in [0.2, 0.25) is 0 Å². The Balaban J connectivity index is 1.62. The minimum Gasteiger partial charge on any atom is -0.399 e. The first-order valence-corrected chi connectivity index (χ1v) is 9.26. The second-order valence-corrected chi connectivity index (χ2v) is 8.25. The predicted molar refractivity (Wildman–Crippen MR) is 101 cm³/mol. The molecule has 7 nitrogen and oxygen atoms in total. The lowest BCUT2D eigenvalue weighted by molar-refractivity contribution is -0.129. The highest BCUT2D eigenvalue weighted by atomic mass is 16.7. The van der Waals surface area contributed by atoms with Crippen LogP contribution in [0.4, 0.5) is 5.95 Å². The molecule has 1 aromatic rings. The van der Waals surface area contributed by atoms with Gasteiger partial charge in [-0.3, -0.25) is 4.79 Å². The van der Waals surface area contributed by atoms with Crippen molar-refractivity contribution in [1.82, 2.24) is 14.9 Å². The van der Waals surface area contributed by atoms with Crippen molar-refractivity contribution in [1.29, 1.82) is 0 Å². The summed E-state index contributed by atoms with van der Waals surface area (Å²) < 4.78 is 12.1. The fourth-order valence-corrected chi connectivity index (χ4v) is 3.31. The lowest BCUT2D eigenvalue weighted by Gasteiger charge is -2.36. The maximum Gasteiger partial charge on any atom is 0.498 e. The standard InChI is InChI=1S/C18H29BN4O3/c1-13(24)22(6)15-7-9-23(10-8-15)16-20-11-14(12-21-16)19-25-17(2,3)18(4,5)26-19/h11-12,15H,7-10H2,1-6H3. The molecule has 0 N–H and O–H groups in total. The van der Waals surface area contributed by atoms with Gasteiger partial charge < -0.3 is 19.1 Å². The molecule has 0 atom stereocenters. The molecule has 3 rings (SSSR count). The molecule has 0 radical (unpaired) electrons. The maximum absolute atomic E-state index is 11.5. The number of nitrogens with zero attached hydrogens (tertiary/aromatic N) is 4. The monoisotopic (exact) mass is 360 g/mol. The molecule has 0 bridgehead atoms. The van der Waals surface area contributed by atoms with E-state index in [1.54, 1.807) is 19.3 Å². The zero-order valence-electron chi connectivity index (χ0n) is 16.7. The number of anilines is 1. The predicted octanol–water partition coefficient (Wildman–Crippen LogP) is 1.22. The number of amides is 1. The largest absolute Gasteiger partial charge is 0.498 e. The SMILES string of the molecule is CC(=O)N(C)C1CCN(c2ncc(B3OC(C)(C)C(C)(C)O3)cn2)CC1. The average molecular weight is 360 g/mol. The molecule has 2 aliphatic rings. The van der Waals surface area contributed by atoms with E-state index < -0.39 is 7.12 Å². The van der Waals surface area contributed by atoms with Crippen LogP contribution in [0, 0.1) is 0 Å². The highest BCUT2D eigenvalue weighted by Gasteiger charge is 2.52. The molecule has 1 amide bonds. The maximum atomic E-state index is 11.5. The van der Waals surface area contributed by atoms with Crippen LogP contribution in [0.5, 0.6) is 0 Å². The first-order chi connectivity index (χ1) is 12.1. The van der Waals surface area contributed by atoms with Gasteiger partial charge in [-0.15, -0.1) is 0 Å². The number of hydrogen-bond acceptors (Lipinski definition) is 6. The van der Waals surface area contributed by atoms with Crippen molar-refractivity contribution in [3.05, 3.63) is 12.4 Å². The van der Waals surface area contributed by atoms with Gasteiger partial charge >= 0.3 is 7.12 Å². The summed E-state index contributed by atoms with van der Waals surface area (Å²) in [6.45, 7) is 11.4. The average Bonchev–Trinajstić information content (AvgIpc) is 2.82. The normalized spacial score (nSPS) is 22.5. The smallest absolute Gasteiger partial charge is 0.399 e. The van der Waals surface area contributed by atoms with Crippen LogP contribution in [0.3, 0.4) is 0 Å². The van der Waals surface area contributed by atoms with E-state index in [0.29, 0.717) is 12.0 Å². The summed E-state index contributed by atoms with van der Waals surface area (Å²) in [5.74, 6) is 0.834. The summed E-state index contributed by atoms with van der Waals surface area (Å²) in [4.78, 5) is 24.6. The first-order valence-electron chi connectivity index (χ1n) is 9.26. The molecular weight excluding hydrogens is 331 g/mol. The molecule has 3 heterocycles. The van der Waals surface area contributed by atoms with E-state index >= 15 is 0 Å². The van der Waals surface area contributed by atoms with E-state index in [-0.39, 0.29) is 17.1 Å². The fourth-order valence-electron chi connectivity index (χ4n) is 3.31. The summed E-state index contributed by atoms with van der Waals surface area (Å²) in [5, 5.41) is 0. The number of piperidine rings is 1. The van der Waals surface area contributed by atoms with E-state index in [1.807, 2.05) is 39.6 Å². The molecule has 2 fully saturated rings.